The van der Waals surface area contributed by atoms with E-state index in [-0.39, 0.29) is 0 Å². The fourth-order valence-electron chi connectivity index (χ4n) is 1.81. The van der Waals surface area contributed by atoms with Gasteiger partial charge >= 0.3 is 0 Å². The lowest BCUT2D eigenvalue weighted by atomic mass is 10.2. The number of halogens is 2. The van der Waals surface area contributed by atoms with E-state index in [0.29, 0.717) is 16.3 Å². The van der Waals surface area contributed by atoms with Gasteiger partial charge < -0.3 is 5.73 Å². The van der Waals surface area contributed by atoms with E-state index in [0.717, 1.165) is 31.6 Å². The number of pyridine rings is 1. The van der Waals surface area contributed by atoms with Crippen molar-refractivity contribution in [2.75, 3.05) is 13.1 Å². The van der Waals surface area contributed by atoms with Crippen LogP contribution >= 0.6 is 23.2 Å². The van der Waals surface area contributed by atoms with Crippen LogP contribution in [0.2, 0.25) is 10.3 Å². The van der Waals surface area contributed by atoms with Gasteiger partial charge in [0.2, 0.25) is 0 Å². The summed E-state index contributed by atoms with van der Waals surface area (Å²) in [6, 6.07) is 3.98. The summed E-state index contributed by atoms with van der Waals surface area (Å²) < 4.78 is 0. The van der Waals surface area contributed by atoms with Crippen molar-refractivity contribution in [3.8, 4) is 0 Å². The smallest absolute Gasteiger partial charge is 0.135 e. The minimum Gasteiger partial charge on any atom is -0.326 e. The van der Waals surface area contributed by atoms with Crippen LogP contribution in [0.4, 0.5) is 0 Å². The highest BCUT2D eigenvalue weighted by molar-refractivity contribution is 6.32. The molecule has 0 aromatic carbocycles. The second kappa shape index (κ2) is 4.66. The molecular formula is C10H13Cl2N3. The van der Waals surface area contributed by atoms with Gasteiger partial charge in [0, 0.05) is 31.2 Å². The Morgan fingerprint density at radius 2 is 2.27 bits per heavy atom. The van der Waals surface area contributed by atoms with Gasteiger partial charge in [0.15, 0.2) is 0 Å². The van der Waals surface area contributed by atoms with Gasteiger partial charge in [-0.3, -0.25) is 4.90 Å². The minimum atomic E-state index is 0.295. The van der Waals surface area contributed by atoms with E-state index >= 15 is 0 Å². The molecule has 1 aromatic heterocycles. The SMILES string of the molecule is NC1CCN(Cc2ccc(Cl)nc2Cl)C1. The van der Waals surface area contributed by atoms with E-state index in [1.54, 1.807) is 6.07 Å². The average molecular weight is 246 g/mol. The molecule has 1 aliphatic rings. The molecule has 1 atom stereocenters. The molecule has 1 saturated heterocycles. The molecular weight excluding hydrogens is 233 g/mol. The Morgan fingerprint density at radius 3 is 2.87 bits per heavy atom. The maximum absolute atomic E-state index is 5.99. The van der Waals surface area contributed by atoms with Crippen molar-refractivity contribution in [1.82, 2.24) is 9.88 Å². The van der Waals surface area contributed by atoms with Gasteiger partial charge in [-0.2, -0.15) is 0 Å². The quantitative estimate of drug-likeness (QED) is 0.810. The number of hydrogen-bond acceptors (Lipinski definition) is 3. The van der Waals surface area contributed by atoms with Gasteiger partial charge in [0.1, 0.15) is 10.3 Å². The first kappa shape index (κ1) is 11.1. The molecule has 1 aliphatic heterocycles. The van der Waals surface area contributed by atoms with E-state index in [9.17, 15) is 0 Å². The van der Waals surface area contributed by atoms with E-state index < -0.39 is 0 Å². The zero-order chi connectivity index (χ0) is 10.8. The van der Waals surface area contributed by atoms with E-state index in [1.807, 2.05) is 6.07 Å². The summed E-state index contributed by atoms with van der Waals surface area (Å²) in [6.45, 7) is 2.76. The van der Waals surface area contributed by atoms with Crippen LogP contribution in [0.5, 0.6) is 0 Å². The molecule has 15 heavy (non-hydrogen) atoms. The molecule has 0 amide bonds. The summed E-state index contributed by atoms with van der Waals surface area (Å²) in [5, 5.41) is 0.921. The highest BCUT2D eigenvalue weighted by Crippen LogP contribution is 2.20. The first-order valence-electron chi connectivity index (χ1n) is 4.94. The van der Waals surface area contributed by atoms with Crippen molar-refractivity contribution in [1.29, 1.82) is 0 Å². The van der Waals surface area contributed by atoms with Crippen molar-refractivity contribution in [2.24, 2.45) is 5.73 Å². The second-order valence-corrected chi connectivity index (χ2v) is 4.61. The van der Waals surface area contributed by atoms with Crippen LogP contribution in [-0.2, 0) is 6.54 Å². The lowest BCUT2D eigenvalue weighted by Crippen LogP contribution is -2.26. The average Bonchev–Trinajstić information content (AvgIpc) is 2.56. The molecule has 2 N–H and O–H groups in total. The van der Waals surface area contributed by atoms with Gasteiger partial charge in [-0.25, -0.2) is 4.98 Å². The van der Waals surface area contributed by atoms with Crippen LogP contribution in [-0.4, -0.2) is 29.0 Å². The summed E-state index contributed by atoms with van der Waals surface area (Å²) in [7, 11) is 0. The van der Waals surface area contributed by atoms with Crippen LogP contribution in [0.15, 0.2) is 12.1 Å². The molecule has 0 bridgehead atoms. The number of rotatable bonds is 2. The molecule has 82 valence electrons. The summed E-state index contributed by atoms with van der Waals surface area (Å²) in [4.78, 5) is 6.29. The monoisotopic (exact) mass is 245 g/mol. The summed E-state index contributed by atoms with van der Waals surface area (Å²) >= 11 is 11.7. The Bertz CT molecular complexity index is 357. The van der Waals surface area contributed by atoms with Crippen molar-refractivity contribution in [3.63, 3.8) is 0 Å². The topological polar surface area (TPSA) is 42.1 Å². The highest BCUT2D eigenvalue weighted by Gasteiger charge is 2.19. The number of hydrogen-bond donors (Lipinski definition) is 1. The first-order chi connectivity index (χ1) is 7.15. The number of aromatic nitrogens is 1. The third-order valence-corrected chi connectivity index (χ3v) is 3.13. The Hall–Kier alpha value is -0.350. The summed E-state index contributed by atoms with van der Waals surface area (Å²) in [5.41, 5.74) is 6.84. The maximum atomic E-state index is 5.99. The Balaban J connectivity index is 2.04. The van der Waals surface area contributed by atoms with Gasteiger partial charge in [-0.1, -0.05) is 29.3 Å². The molecule has 0 saturated carbocycles. The summed E-state index contributed by atoms with van der Waals surface area (Å²) in [5.74, 6) is 0. The van der Waals surface area contributed by atoms with Gasteiger partial charge in [-0.05, 0) is 12.5 Å². The van der Waals surface area contributed by atoms with Gasteiger partial charge in [-0.15, -0.1) is 0 Å². The molecule has 0 aliphatic carbocycles. The van der Waals surface area contributed by atoms with Crippen LogP contribution in [0.1, 0.15) is 12.0 Å². The molecule has 1 aromatic rings. The number of nitrogens with two attached hydrogens (primary N) is 1. The Labute approximate surface area is 99.2 Å². The zero-order valence-corrected chi connectivity index (χ0v) is 9.80. The lowest BCUT2D eigenvalue weighted by Gasteiger charge is -2.15. The standard InChI is InChI=1S/C10H13Cl2N3/c11-9-2-1-7(10(12)14-9)5-15-4-3-8(13)6-15/h1-2,8H,3-6,13H2. The molecule has 5 heteroatoms. The van der Waals surface area contributed by atoms with Gasteiger partial charge in [0.05, 0.1) is 0 Å². The molecule has 2 heterocycles. The molecule has 0 spiro atoms. The van der Waals surface area contributed by atoms with Crippen molar-refractivity contribution in [3.05, 3.63) is 28.0 Å². The molecule has 3 nitrogen and oxygen atoms in total. The molecule has 1 unspecified atom stereocenters. The van der Waals surface area contributed by atoms with Crippen LogP contribution in [0.25, 0.3) is 0 Å². The fourth-order valence-corrected chi connectivity index (χ4v) is 2.21. The normalized spacial score (nSPS) is 22.2. The largest absolute Gasteiger partial charge is 0.326 e. The van der Waals surface area contributed by atoms with Crippen LogP contribution in [0, 0.1) is 0 Å². The van der Waals surface area contributed by atoms with Crippen molar-refractivity contribution < 1.29 is 0 Å². The molecule has 1 fully saturated rings. The third-order valence-electron chi connectivity index (χ3n) is 2.59. The first-order valence-corrected chi connectivity index (χ1v) is 5.69. The van der Waals surface area contributed by atoms with E-state index in [2.05, 4.69) is 9.88 Å². The van der Waals surface area contributed by atoms with Crippen LogP contribution < -0.4 is 5.73 Å². The van der Waals surface area contributed by atoms with E-state index in [4.69, 9.17) is 28.9 Å². The van der Waals surface area contributed by atoms with Crippen LogP contribution in [0.3, 0.4) is 0 Å². The maximum Gasteiger partial charge on any atom is 0.135 e. The van der Waals surface area contributed by atoms with E-state index in [1.165, 1.54) is 0 Å². The predicted octanol–water partition coefficient (Wildman–Crippen LogP) is 1.92. The number of likely N-dealkylation sites (tertiary alicyclic amines) is 1. The number of nitrogens with zero attached hydrogens (tertiary/aromatic N) is 2. The summed E-state index contributed by atoms with van der Waals surface area (Å²) in [6.07, 6.45) is 1.05. The fraction of sp³-hybridized carbons (Fsp3) is 0.500. The Kier molecular flexibility index (Phi) is 3.46. The molecule has 0 radical (unpaired) electrons. The highest BCUT2D eigenvalue weighted by atomic mass is 35.5. The van der Waals surface area contributed by atoms with Crippen molar-refractivity contribution in [2.45, 2.75) is 19.0 Å². The predicted molar refractivity (Wildman–Crippen MR) is 62.1 cm³/mol. The lowest BCUT2D eigenvalue weighted by molar-refractivity contribution is 0.326. The van der Waals surface area contributed by atoms with Crippen molar-refractivity contribution >= 4 is 23.2 Å². The zero-order valence-electron chi connectivity index (χ0n) is 8.29. The molecule has 2 rings (SSSR count). The second-order valence-electron chi connectivity index (χ2n) is 3.87. The Morgan fingerprint density at radius 1 is 1.47 bits per heavy atom. The van der Waals surface area contributed by atoms with Gasteiger partial charge in [0.25, 0.3) is 0 Å². The third kappa shape index (κ3) is 2.82. The minimum absolute atomic E-state index is 0.295.